The summed E-state index contributed by atoms with van der Waals surface area (Å²) < 4.78 is 9.35. The predicted molar refractivity (Wildman–Crippen MR) is 57.4 cm³/mol. The van der Waals surface area contributed by atoms with Crippen LogP contribution in [-0.4, -0.2) is 41.4 Å². The summed E-state index contributed by atoms with van der Waals surface area (Å²) in [4.78, 5) is 32.6. The molecule has 0 aliphatic carbocycles. The first-order valence-corrected chi connectivity index (χ1v) is 5.01. The lowest BCUT2D eigenvalue weighted by atomic mass is 10.2. The first-order valence-electron chi connectivity index (χ1n) is 5.01. The molecule has 7 heteroatoms. The average Bonchev–Trinajstić information content (AvgIpc) is 2.11. The molecule has 0 aliphatic rings. The van der Waals surface area contributed by atoms with Gasteiger partial charge in [-0.05, 0) is 27.7 Å². The molecular weight excluding hydrogens is 230 g/mol. The summed E-state index contributed by atoms with van der Waals surface area (Å²) in [5, 5.41) is 10.6. The Morgan fingerprint density at radius 2 is 1.82 bits per heavy atom. The number of amides is 1. The molecule has 0 aromatic rings. The van der Waals surface area contributed by atoms with Crippen molar-refractivity contribution in [3.05, 3.63) is 0 Å². The summed E-state index contributed by atoms with van der Waals surface area (Å²) >= 11 is 0. The first kappa shape index (κ1) is 15.2. The van der Waals surface area contributed by atoms with Crippen LogP contribution in [0, 0.1) is 0 Å². The molecular formula is C10H17NO6. The Morgan fingerprint density at radius 3 is 2.24 bits per heavy atom. The molecule has 0 aromatic carbocycles. The number of hydrogen-bond acceptors (Lipinski definition) is 5. The highest BCUT2D eigenvalue weighted by Crippen LogP contribution is 2.06. The zero-order valence-corrected chi connectivity index (χ0v) is 10.3. The number of carbonyl (C=O) groups excluding carboxylic acids is 2. The summed E-state index contributed by atoms with van der Waals surface area (Å²) in [5.74, 6) is -2.10. The molecule has 0 aromatic heterocycles. The van der Waals surface area contributed by atoms with E-state index in [4.69, 9.17) is 9.84 Å². The zero-order chi connectivity index (χ0) is 13.6. The molecule has 0 aliphatic heterocycles. The van der Waals surface area contributed by atoms with E-state index in [1.807, 2.05) is 0 Å². The number of aliphatic carboxylic acids is 1. The van der Waals surface area contributed by atoms with Crippen molar-refractivity contribution in [1.29, 1.82) is 0 Å². The van der Waals surface area contributed by atoms with Crippen molar-refractivity contribution in [2.45, 2.75) is 39.4 Å². The fourth-order valence-corrected chi connectivity index (χ4v) is 0.748. The van der Waals surface area contributed by atoms with Crippen LogP contribution in [0.2, 0.25) is 0 Å². The summed E-state index contributed by atoms with van der Waals surface area (Å²) in [7, 11) is 0. The van der Waals surface area contributed by atoms with Crippen molar-refractivity contribution in [3.8, 4) is 0 Å². The van der Waals surface area contributed by atoms with Gasteiger partial charge in [0.05, 0.1) is 0 Å². The molecule has 2 N–H and O–H groups in total. The van der Waals surface area contributed by atoms with Crippen LogP contribution in [0.15, 0.2) is 0 Å². The van der Waals surface area contributed by atoms with Gasteiger partial charge in [-0.2, -0.15) is 0 Å². The molecule has 0 bridgehead atoms. The fourth-order valence-electron chi connectivity index (χ4n) is 0.748. The average molecular weight is 247 g/mol. The molecule has 0 spiro atoms. The minimum absolute atomic E-state index is 0.438. The van der Waals surface area contributed by atoms with Gasteiger partial charge in [-0.15, -0.1) is 0 Å². The normalized spacial score (nSPS) is 12.5. The van der Waals surface area contributed by atoms with Gasteiger partial charge in [0.25, 0.3) is 0 Å². The molecule has 0 saturated heterocycles. The van der Waals surface area contributed by atoms with E-state index in [-0.39, 0.29) is 0 Å². The van der Waals surface area contributed by atoms with E-state index in [0.29, 0.717) is 0 Å². The van der Waals surface area contributed by atoms with Crippen LogP contribution in [0.4, 0.5) is 4.79 Å². The summed E-state index contributed by atoms with van der Waals surface area (Å²) in [6.07, 6.45) is -2.01. The van der Waals surface area contributed by atoms with Crippen LogP contribution in [0.3, 0.4) is 0 Å². The predicted octanol–water partition coefficient (Wildman–Crippen LogP) is 0.527. The number of carboxylic acid groups (broad SMARTS) is 1. The molecule has 0 radical (unpaired) electrons. The van der Waals surface area contributed by atoms with Crippen LogP contribution in [-0.2, 0) is 19.1 Å². The summed E-state index contributed by atoms with van der Waals surface area (Å²) in [6.45, 7) is 5.81. The highest BCUT2D eigenvalue weighted by Gasteiger charge is 2.19. The van der Waals surface area contributed by atoms with Crippen LogP contribution in [0.1, 0.15) is 27.7 Å². The number of rotatable bonds is 4. The molecule has 17 heavy (non-hydrogen) atoms. The highest BCUT2D eigenvalue weighted by molar-refractivity contribution is 5.81. The molecule has 0 rings (SSSR count). The second-order valence-electron chi connectivity index (χ2n) is 4.33. The third-order valence-electron chi connectivity index (χ3n) is 1.43. The Balaban J connectivity index is 3.93. The van der Waals surface area contributed by atoms with Gasteiger partial charge in [-0.3, -0.25) is 4.79 Å². The zero-order valence-electron chi connectivity index (χ0n) is 10.3. The molecule has 0 fully saturated rings. The van der Waals surface area contributed by atoms with Gasteiger partial charge >= 0.3 is 18.0 Å². The van der Waals surface area contributed by atoms with Gasteiger partial charge in [-0.25, -0.2) is 9.59 Å². The number of esters is 1. The van der Waals surface area contributed by atoms with Crippen LogP contribution >= 0.6 is 0 Å². The topological polar surface area (TPSA) is 102 Å². The molecule has 1 amide bonds. The smallest absolute Gasteiger partial charge is 0.408 e. The first-order chi connectivity index (χ1) is 7.61. The van der Waals surface area contributed by atoms with Crippen molar-refractivity contribution < 1.29 is 29.0 Å². The Hall–Kier alpha value is -1.79. The number of hydrogen-bond donors (Lipinski definition) is 2. The molecule has 1 atom stereocenters. The molecule has 7 nitrogen and oxygen atoms in total. The summed E-state index contributed by atoms with van der Waals surface area (Å²) in [6, 6.07) is 0. The van der Waals surface area contributed by atoms with E-state index in [1.54, 1.807) is 20.8 Å². The Labute approximate surface area is 99.1 Å². The minimum Gasteiger partial charge on any atom is -0.479 e. The number of nitrogens with one attached hydrogen (secondary N) is 1. The number of carbonyl (C=O) groups is 3. The quantitative estimate of drug-likeness (QED) is 0.702. The van der Waals surface area contributed by atoms with Gasteiger partial charge in [0, 0.05) is 0 Å². The van der Waals surface area contributed by atoms with Crippen LogP contribution in [0.5, 0.6) is 0 Å². The van der Waals surface area contributed by atoms with Crippen LogP contribution in [0.25, 0.3) is 0 Å². The fraction of sp³-hybridized carbons (Fsp3) is 0.700. The van der Waals surface area contributed by atoms with E-state index in [9.17, 15) is 14.4 Å². The SMILES string of the molecule is C[C@H](OC(=O)CNC(=O)OC(C)(C)C)C(=O)O. The number of carboxylic acids is 1. The van der Waals surface area contributed by atoms with E-state index >= 15 is 0 Å². The number of alkyl carbamates (subject to hydrolysis) is 1. The van der Waals surface area contributed by atoms with Crippen molar-refractivity contribution in [2.75, 3.05) is 6.54 Å². The second kappa shape index (κ2) is 6.07. The third-order valence-corrected chi connectivity index (χ3v) is 1.43. The minimum atomic E-state index is -1.25. The van der Waals surface area contributed by atoms with Gasteiger partial charge < -0.3 is 19.9 Å². The van der Waals surface area contributed by atoms with Gasteiger partial charge in [0.2, 0.25) is 0 Å². The van der Waals surface area contributed by atoms with E-state index in [0.717, 1.165) is 0 Å². The molecule has 0 saturated carbocycles. The Kier molecular flexibility index (Phi) is 5.43. The standard InChI is InChI=1S/C10H17NO6/c1-6(8(13)14)16-7(12)5-11-9(15)17-10(2,3)4/h6H,5H2,1-4H3,(H,11,15)(H,13,14)/t6-/m0/s1. The molecule has 0 unspecified atom stereocenters. The third kappa shape index (κ3) is 8.06. The van der Waals surface area contributed by atoms with E-state index in [2.05, 4.69) is 10.1 Å². The Morgan fingerprint density at radius 1 is 1.29 bits per heavy atom. The van der Waals surface area contributed by atoms with Gasteiger partial charge in [-0.1, -0.05) is 0 Å². The molecule has 0 heterocycles. The molecule has 98 valence electrons. The maximum Gasteiger partial charge on any atom is 0.408 e. The van der Waals surface area contributed by atoms with Crippen molar-refractivity contribution in [3.63, 3.8) is 0 Å². The lowest BCUT2D eigenvalue weighted by molar-refractivity contribution is -0.161. The second-order valence-corrected chi connectivity index (χ2v) is 4.33. The lowest BCUT2D eigenvalue weighted by Crippen LogP contribution is -2.37. The van der Waals surface area contributed by atoms with E-state index < -0.39 is 36.3 Å². The largest absolute Gasteiger partial charge is 0.479 e. The van der Waals surface area contributed by atoms with Crippen LogP contribution < -0.4 is 5.32 Å². The lowest BCUT2D eigenvalue weighted by Gasteiger charge is -2.19. The monoisotopic (exact) mass is 247 g/mol. The maximum atomic E-state index is 11.1. The van der Waals surface area contributed by atoms with Gasteiger partial charge in [0.15, 0.2) is 6.10 Å². The Bertz CT molecular complexity index is 306. The van der Waals surface area contributed by atoms with Crippen molar-refractivity contribution in [2.24, 2.45) is 0 Å². The van der Waals surface area contributed by atoms with Gasteiger partial charge in [0.1, 0.15) is 12.1 Å². The van der Waals surface area contributed by atoms with Crippen molar-refractivity contribution in [1.82, 2.24) is 5.32 Å². The maximum absolute atomic E-state index is 11.1. The number of ether oxygens (including phenoxy) is 2. The van der Waals surface area contributed by atoms with E-state index in [1.165, 1.54) is 6.92 Å². The highest BCUT2D eigenvalue weighted by atomic mass is 16.6. The van der Waals surface area contributed by atoms with Crippen molar-refractivity contribution >= 4 is 18.0 Å². The summed E-state index contributed by atoms with van der Waals surface area (Å²) in [5.41, 5.74) is -0.664.